The van der Waals surface area contributed by atoms with E-state index in [9.17, 15) is 9.50 Å². The first-order valence-electron chi connectivity index (χ1n) is 8.07. The van der Waals surface area contributed by atoms with Crippen LogP contribution in [0, 0.1) is 5.82 Å². The van der Waals surface area contributed by atoms with E-state index in [1.165, 1.54) is 12.3 Å². The Kier molecular flexibility index (Phi) is 4.92. The number of nitrogens with zero attached hydrogens (tertiary/aromatic N) is 3. The number of nitrogens with one attached hydrogen (secondary N) is 1. The maximum Gasteiger partial charge on any atom is 0.141 e. The number of rotatable bonds is 6. The molecule has 0 aliphatic carbocycles. The van der Waals surface area contributed by atoms with Crippen molar-refractivity contribution < 1.29 is 9.50 Å². The third-order valence-electron chi connectivity index (χ3n) is 4.16. The molecule has 130 valence electrons. The zero-order chi connectivity index (χ0) is 17.9. The van der Waals surface area contributed by atoms with Crippen molar-refractivity contribution >= 4 is 0 Å². The van der Waals surface area contributed by atoms with Gasteiger partial charge in [-0.25, -0.2) is 4.39 Å². The molecule has 0 saturated carbocycles. The summed E-state index contributed by atoms with van der Waals surface area (Å²) in [6.45, 7) is 2.02. The van der Waals surface area contributed by atoms with E-state index in [1.54, 1.807) is 30.1 Å². The summed E-state index contributed by atoms with van der Waals surface area (Å²) in [5.41, 5.74) is 1.31. The highest BCUT2D eigenvalue weighted by molar-refractivity contribution is 5.28. The fourth-order valence-corrected chi connectivity index (χ4v) is 2.70. The number of halogens is 1. The first kappa shape index (κ1) is 17.3. The summed E-state index contributed by atoms with van der Waals surface area (Å²) in [6.07, 6.45) is 4.64. The second kappa shape index (κ2) is 7.13. The Labute approximate surface area is 146 Å². The summed E-state index contributed by atoms with van der Waals surface area (Å²) in [4.78, 5) is 4.20. The average Bonchev–Trinajstić information content (AvgIpc) is 3.05. The van der Waals surface area contributed by atoms with Gasteiger partial charge in [-0.3, -0.25) is 9.67 Å². The van der Waals surface area contributed by atoms with Gasteiger partial charge in [0.1, 0.15) is 11.4 Å². The molecule has 3 aromatic rings. The second-order valence-electron chi connectivity index (χ2n) is 6.30. The summed E-state index contributed by atoms with van der Waals surface area (Å²) in [7, 11) is 1.81. The monoisotopic (exact) mass is 340 g/mol. The standard InChI is InChI=1S/C19H21FN4O/c1-19(25,15-10-23-24(2)12-15)13-22-18(14-6-4-3-5-7-14)17-9-8-16(20)11-21-17/h3-12,18,22,25H,13H2,1-2H3/t18-,19-/m1/s1. The number of aromatic nitrogens is 3. The van der Waals surface area contributed by atoms with Crippen molar-refractivity contribution in [1.29, 1.82) is 0 Å². The fourth-order valence-electron chi connectivity index (χ4n) is 2.70. The van der Waals surface area contributed by atoms with Crippen molar-refractivity contribution in [3.63, 3.8) is 0 Å². The van der Waals surface area contributed by atoms with E-state index in [-0.39, 0.29) is 18.4 Å². The number of pyridine rings is 1. The topological polar surface area (TPSA) is 63.0 Å². The molecule has 25 heavy (non-hydrogen) atoms. The summed E-state index contributed by atoms with van der Waals surface area (Å²) < 4.78 is 14.9. The molecule has 1 aromatic carbocycles. The van der Waals surface area contributed by atoms with Crippen molar-refractivity contribution in [2.45, 2.75) is 18.6 Å². The molecule has 0 saturated heterocycles. The summed E-state index contributed by atoms with van der Waals surface area (Å²) in [6, 6.07) is 12.5. The molecule has 3 rings (SSSR count). The Hall–Kier alpha value is -2.57. The average molecular weight is 340 g/mol. The normalized spacial score (nSPS) is 14.9. The maximum absolute atomic E-state index is 13.2. The Bertz CT molecular complexity index is 815. The van der Waals surface area contributed by atoms with Crippen LogP contribution in [0.15, 0.2) is 61.1 Å². The highest BCUT2D eigenvalue weighted by Crippen LogP contribution is 2.24. The van der Waals surface area contributed by atoms with E-state index in [1.807, 2.05) is 37.4 Å². The van der Waals surface area contributed by atoms with Crippen LogP contribution in [0.5, 0.6) is 0 Å². The van der Waals surface area contributed by atoms with Crippen molar-refractivity contribution in [2.75, 3.05) is 6.54 Å². The Morgan fingerprint density at radius 1 is 1.20 bits per heavy atom. The van der Waals surface area contributed by atoms with Crippen LogP contribution in [-0.4, -0.2) is 26.4 Å². The summed E-state index contributed by atoms with van der Waals surface area (Å²) in [5.74, 6) is -0.377. The van der Waals surface area contributed by atoms with E-state index in [2.05, 4.69) is 15.4 Å². The Balaban J connectivity index is 1.84. The van der Waals surface area contributed by atoms with Crippen molar-refractivity contribution in [1.82, 2.24) is 20.1 Å². The lowest BCUT2D eigenvalue weighted by Crippen LogP contribution is -2.37. The van der Waals surface area contributed by atoms with Gasteiger partial charge in [0.25, 0.3) is 0 Å². The first-order valence-corrected chi connectivity index (χ1v) is 8.07. The van der Waals surface area contributed by atoms with Crippen LogP contribution in [-0.2, 0) is 12.6 Å². The third-order valence-corrected chi connectivity index (χ3v) is 4.16. The van der Waals surface area contributed by atoms with Crippen LogP contribution in [0.25, 0.3) is 0 Å². The number of hydrogen-bond acceptors (Lipinski definition) is 4. The number of aryl methyl sites for hydroxylation is 1. The van der Waals surface area contributed by atoms with Crippen molar-refractivity contribution in [2.24, 2.45) is 7.05 Å². The lowest BCUT2D eigenvalue weighted by atomic mass is 9.97. The minimum atomic E-state index is -1.10. The highest BCUT2D eigenvalue weighted by atomic mass is 19.1. The van der Waals surface area contributed by atoms with Crippen LogP contribution >= 0.6 is 0 Å². The van der Waals surface area contributed by atoms with Gasteiger partial charge in [0.05, 0.1) is 24.1 Å². The third kappa shape index (κ3) is 4.10. The van der Waals surface area contributed by atoms with E-state index < -0.39 is 5.60 Å². The Morgan fingerprint density at radius 2 is 1.96 bits per heavy atom. The molecule has 2 atom stereocenters. The summed E-state index contributed by atoms with van der Waals surface area (Å²) in [5, 5.41) is 18.2. The Morgan fingerprint density at radius 3 is 2.56 bits per heavy atom. The fraction of sp³-hybridized carbons (Fsp3) is 0.263. The van der Waals surface area contributed by atoms with Gasteiger partial charge in [-0.05, 0) is 24.6 Å². The molecule has 0 aliphatic rings. The first-order chi connectivity index (χ1) is 12.0. The van der Waals surface area contributed by atoms with Crippen LogP contribution < -0.4 is 5.32 Å². The molecular formula is C19H21FN4O. The van der Waals surface area contributed by atoms with E-state index in [0.29, 0.717) is 5.69 Å². The van der Waals surface area contributed by atoms with Gasteiger partial charge in [-0.1, -0.05) is 30.3 Å². The van der Waals surface area contributed by atoms with Gasteiger partial charge in [-0.15, -0.1) is 0 Å². The molecule has 0 fully saturated rings. The minimum absolute atomic E-state index is 0.259. The van der Waals surface area contributed by atoms with Gasteiger partial charge in [0, 0.05) is 25.4 Å². The lowest BCUT2D eigenvalue weighted by molar-refractivity contribution is 0.0548. The molecule has 2 N–H and O–H groups in total. The predicted octanol–water partition coefficient (Wildman–Crippen LogP) is 2.54. The second-order valence-corrected chi connectivity index (χ2v) is 6.30. The number of hydrogen-bond donors (Lipinski definition) is 2. The molecule has 0 spiro atoms. The van der Waals surface area contributed by atoms with Crippen LogP contribution in [0.3, 0.4) is 0 Å². The van der Waals surface area contributed by atoms with E-state index in [0.717, 1.165) is 11.1 Å². The highest BCUT2D eigenvalue weighted by Gasteiger charge is 2.27. The predicted molar refractivity (Wildman–Crippen MR) is 93.3 cm³/mol. The number of aliphatic hydroxyl groups is 1. The lowest BCUT2D eigenvalue weighted by Gasteiger charge is -2.26. The maximum atomic E-state index is 13.2. The largest absolute Gasteiger partial charge is 0.384 e. The zero-order valence-electron chi connectivity index (χ0n) is 14.2. The van der Waals surface area contributed by atoms with Crippen LogP contribution in [0.1, 0.15) is 29.8 Å². The van der Waals surface area contributed by atoms with Crippen molar-refractivity contribution in [3.05, 3.63) is 83.7 Å². The molecule has 2 heterocycles. The van der Waals surface area contributed by atoms with E-state index in [4.69, 9.17) is 0 Å². The molecule has 5 nitrogen and oxygen atoms in total. The van der Waals surface area contributed by atoms with Crippen LogP contribution in [0.2, 0.25) is 0 Å². The molecule has 2 aromatic heterocycles. The quantitative estimate of drug-likeness (QED) is 0.724. The molecule has 6 heteroatoms. The van der Waals surface area contributed by atoms with Crippen molar-refractivity contribution in [3.8, 4) is 0 Å². The zero-order valence-corrected chi connectivity index (χ0v) is 14.2. The van der Waals surface area contributed by atoms with Gasteiger partial charge in [-0.2, -0.15) is 5.10 Å². The van der Waals surface area contributed by atoms with Gasteiger partial charge in [0.2, 0.25) is 0 Å². The molecule has 0 bridgehead atoms. The molecule has 0 unspecified atom stereocenters. The molecule has 0 amide bonds. The van der Waals surface area contributed by atoms with Gasteiger partial charge < -0.3 is 10.4 Å². The molecule has 0 radical (unpaired) electrons. The summed E-state index contributed by atoms with van der Waals surface area (Å²) >= 11 is 0. The minimum Gasteiger partial charge on any atom is -0.384 e. The number of benzene rings is 1. The molecular weight excluding hydrogens is 319 g/mol. The van der Waals surface area contributed by atoms with Crippen LogP contribution in [0.4, 0.5) is 4.39 Å². The smallest absolute Gasteiger partial charge is 0.141 e. The van der Waals surface area contributed by atoms with Gasteiger partial charge >= 0.3 is 0 Å². The molecule has 0 aliphatic heterocycles. The SMILES string of the molecule is Cn1cc([C@](C)(O)CN[C@H](c2ccccc2)c2ccc(F)cn2)cn1. The van der Waals surface area contributed by atoms with Gasteiger partial charge in [0.15, 0.2) is 0 Å². The van der Waals surface area contributed by atoms with E-state index >= 15 is 0 Å².